The van der Waals surface area contributed by atoms with E-state index in [4.69, 9.17) is 4.74 Å². The van der Waals surface area contributed by atoms with E-state index in [9.17, 15) is 9.90 Å². The summed E-state index contributed by atoms with van der Waals surface area (Å²) in [4.78, 5) is 15.7. The number of ether oxygens (including phenoxy) is 1. The molecule has 0 fully saturated rings. The second kappa shape index (κ2) is 6.60. The number of aryl methyl sites for hydroxylation is 2. The second-order valence-electron chi connectivity index (χ2n) is 5.41. The van der Waals surface area contributed by atoms with Crippen molar-refractivity contribution < 1.29 is 14.6 Å². The number of fused-ring (bicyclic) bond motifs is 1. The van der Waals surface area contributed by atoms with Gasteiger partial charge in [0.25, 0.3) is 0 Å². The fraction of sp³-hybridized carbons (Fsp3) is 0.438. The normalized spacial score (nSPS) is 17.0. The molecular weight excluding hydrogens is 282 g/mol. The van der Waals surface area contributed by atoms with Crippen molar-refractivity contribution in [3.63, 3.8) is 0 Å². The molecule has 1 aromatic carbocycles. The van der Waals surface area contributed by atoms with E-state index >= 15 is 0 Å². The zero-order valence-electron chi connectivity index (χ0n) is 12.3. The Labute approximate surface area is 128 Å². The van der Waals surface area contributed by atoms with Crippen LogP contribution in [0.3, 0.4) is 0 Å². The van der Waals surface area contributed by atoms with E-state index in [2.05, 4.69) is 10.1 Å². The molecule has 116 valence electrons. The molecule has 1 aromatic heterocycles. The van der Waals surface area contributed by atoms with E-state index in [0.717, 1.165) is 25.1 Å². The number of carbonyl (C=O) groups is 1. The summed E-state index contributed by atoms with van der Waals surface area (Å²) in [5.41, 5.74) is 0. The molecule has 6 heteroatoms. The number of hydrogen-bond donors (Lipinski definition) is 1. The topological polar surface area (TPSA) is 77.2 Å². The van der Waals surface area contributed by atoms with Crippen LogP contribution in [0.4, 0.5) is 0 Å². The molecular formula is C16H19N3O3. The molecule has 0 amide bonds. The van der Waals surface area contributed by atoms with E-state index in [1.54, 1.807) is 4.68 Å². The summed E-state index contributed by atoms with van der Waals surface area (Å²) in [5.74, 6) is 0.825. The Morgan fingerprint density at radius 1 is 1.36 bits per heavy atom. The number of benzene rings is 1. The summed E-state index contributed by atoms with van der Waals surface area (Å²) < 4.78 is 7.38. The number of para-hydroxylation sites is 1. The number of nitrogens with zero attached hydrogens (tertiary/aromatic N) is 3. The van der Waals surface area contributed by atoms with Gasteiger partial charge in [-0.3, -0.25) is 4.79 Å². The number of rotatable bonds is 6. The van der Waals surface area contributed by atoms with Crippen molar-refractivity contribution in [3.8, 4) is 5.75 Å². The van der Waals surface area contributed by atoms with Crippen LogP contribution in [-0.2, 0) is 17.8 Å². The van der Waals surface area contributed by atoms with Gasteiger partial charge in [-0.05, 0) is 31.4 Å². The molecule has 1 N–H and O–H groups in total. The minimum absolute atomic E-state index is 0.518. The van der Waals surface area contributed by atoms with Crippen molar-refractivity contribution in [2.45, 2.75) is 38.1 Å². The standard InChI is InChI=1S/C16H19N3O3/c20-16(21)13-8-4-10-19-15(13)17-14(18-19)9-5-11-22-12-6-2-1-3-7-12/h1-3,6-7,13H,4-5,8-11H2,(H,20,21). The summed E-state index contributed by atoms with van der Waals surface area (Å²) in [6.07, 6.45) is 2.98. The molecule has 0 saturated carbocycles. The first-order chi connectivity index (χ1) is 10.7. The molecule has 1 aliphatic heterocycles. The van der Waals surface area contributed by atoms with E-state index in [1.165, 1.54) is 0 Å². The van der Waals surface area contributed by atoms with Gasteiger partial charge >= 0.3 is 5.97 Å². The molecule has 0 bridgehead atoms. The number of aromatic nitrogens is 3. The van der Waals surface area contributed by atoms with Crippen LogP contribution in [0, 0.1) is 0 Å². The molecule has 22 heavy (non-hydrogen) atoms. The average Bonchev–Trinajstić information content (AvgIpc) is 2.95. The van der Waals surface area contributed by atoms with Crippen LogP contribution in [0.25, 0.3) is 0 Å². The van der Waals surface area contributed by atoms with Crippen molar-refractivity contribution in [3.05, 3.63) is 42.0 Å². The highest BCUT2D eigenvalue weighted by atomic mass is 16.5. The fourth-order valence-electron chi connectivity index (χ4n) is 2.68. The minimum Gasteiger partial charge on any atom is -0.494 e. The lowest BCUT2D eigenvalue weighted by atomic mass is 10.00. The van der Waals surface area contributed by atoms with Gasteiger partial charge in [0.1, 0.15) is 17.5 Å². The third kappa shape index (κ3) is 3.27. The van der Waals surface area contributed by atoms with Gasteiger partial charge < -0.3 is 9.84 Å². The van der Waals surface area contributed by atoms with E-state index < -0.39 is 11.9 Å². The molecule has 0 spiro atoms. The molecule has 2 aromatic rings. The summed E-state index contributed by atoms with van der Waals surface area (Å²) in [5, 5.41) is 13.6. The van der Waals surface area contributed by atoms with Gasteiger partial charge in [-0.25, -0.2) is 9.67 Å². The Kier molecular flexibility index (Phi) is 4.37. The molecule has 0 aliphatic carbocycles. The average molecular weight is 301 g/mol. The third-order valence-corrected chi connectivity index (χ3v) is 3.77. The Hall–Kier alpha value is -2.37. The summed E-state index contributed by atoms with van der Waals surface area (Å²) >= 11 is 0. The van der Waals surface area contributed by atoms with Crippen LogP contribution in [0.2, 0.25) is 0 Å². The zero-order chi connectivity index (χ0) is 15.4. The number of hydrogen-bond acceptors (Lipinski definition) is 4. The van der Waals surface area contributed by atoms with Crippen LogP contribution in [0.5, 0.6) is 5.75 Å². The van der Waals surface area contributed by atoms with E-state index in [0.29, 0.717) is 31.1 Å². The van der Waals surface area contributed by atoms with Crippen molar-refractivity contribution in [2.75, 3.05) is 6.61 Å². The largest absolute Gasteiger partial charge is 0.494 e. The van der Waals surface area contributed by atoms with Gasteiger partial charge in [-0.2, -0.15) is 5.10 Å². The van der Waals surface area contributed by atoms with E-state index in [1.807, 2.05) is 30.3 Å². The minimum atomic E-state index is -0.813. The zero-order valence-corrected chi connectivity index (χ0v) is 12.3. The van der Waals surface area contributed by atoms with Gasteiger partial charge in [0.05, 0.1) is 6.61 Å². The highest BCUT2D eigenvalue weighted by Gasteiger charge is 2.29. The quantitative estimate of drug-likeness (QED) is 0.828. The second-order valence-corrected chi connectivity index (χ2v) is 5.41. The summed E-state index contributed by atoms with van der Waals surface area (Å²) in [6, 6.07) is 9.67. The first-order valence-corrected chi connectivity index (χ1v) is 7.58. The Balaban J connectivity index is 1.54. The molecule has 2 heterocycles. The van der Waals surface area contributed by atoms with E-state index in [-0.39, 0.29) is 0 Å². The van der Waals surface area contributed by atoms with Gasteiger partial charge in [0.2, 0.25) is 0 Å². The van der Waals surface area contributed by atoms with Crippen LogP contribution in [-0.4, -0.2) is 32.4 Å². The van der Waals surface area contributed by atoms with Crippen LogP contribution < -0.4 is 4.74 Å². The maximum Gasteiger partial charge on any atom is 0.314 e. The van der Waals surface area contributed by atoms with Crippen molar-refractivity contribution >= 4 is 5.97 Å². The number of aliphatic carboxylic acids is 1. The predicted octanol–water partition coefficient (Wildman–Crippen LogP) is 2.25. The lowest BCUT2D eigenvalue weighted by molar-refractivity contribution is -0.139. The summed E-state index contributed by atoms with van der Waals surface area (Å²) in [6.45, 7) is 1.35. The van der Waals surface area contributed by atoms with Crippen molar-refractivity contribution in [1.29, 1.82) is 0 Å². The van der Waals surface area contributed by atoms with Crippen molar-refractivity contribution in [1.82, 2.24) is 14.8 Å². The Morgan fingerprint density at radius 2 is 2.18 bits per heavy atom. The van der Waals surface area contributed by atoms with Gasteiger partial charge in [-0.1, -0.05) is 18.2 Å². The fourth-order valence-corrected chi connectivity index (χ4v) is 2.68. The molecule has 0 radical (unpaired) electrons. The van der Waals surface area contributed by atoms with Crippen molar-refractivity contribution in [2.24, 2.45) is 0 Å². The highest BCUT2D eigenvalue weighted by Crippen LogP contribution is 2.25. The molecule has 6 nitrogen and oxygen atoms in total. The summed E-state index contributed by atoms with van der Waals surface area (Å²) in [7, 11) is 0. The van der Waals surface area contributed by atoms with Crippen LogP contribution in [0.15, 0.2) is 30.3 Å². The maximum absolute atomic E-state index is 11.2. The van der Waals surface area contributed by atoms with Gasteiger partial charge in [-0.15, -0.1) is 0 Å². The highest BCUT2D eigenvalue weighted by molar-refractivity contribution is 5.75. The van der Waals surface area contributed by atoms with Crippen LogP contribution >= 0.6 is 0 Å². The number of carboxylic acids is 1. The molecule has 1 aliphatic rings. The first-order valence-electron chi connectivity index (χ1n) is 7.58. The molecule has 0 saturated heterocycles. The third-order valence-electron chi connectivity index (χ3n) is 3.77. The molecule has 1 atom stereocenters. The SMILES string of the molecule is O=C(O)C1CCCn2nc(CCCOc3ccccc3)nc21. The Morgan fingerprint density at radius 3 is 2.95 bits per heavy atom. The monoisotopic (exact) mass is 301 g/mol. The van der Waals surface area contributed by atoms with Gasteiger partial charge in [0.15, 0.2) is 5.82 Å². The van der Waals surface area contributed by atoms with Crippen LogP contribution in [0.1, 0.15) is 36.8 Å². The molecule has 3 rings (SSSR count). The maximum atomic E-state index is 11.2. The van der Waals surface area contributed by atoms with Gasteiger partial charge in [0, 0.05) is 13.0 Å². The predicted molar refractivity (Wildman–Crippen MR) is 79.9 cm³/mol. The number of carboxylic acid groups (broad SMARTS) is 1. The molecule has 1 unspecified atom stereocenters. The lowest BCUT2D eigenvalue weighted by Gasteiger charge is -2.17. The Bertz CT molecular complexity index is 639. The smallest absolute Gasteiger partial charge is 0.314 e. The first kappa shape index (κ1) is 14.6. The lowest BCUT2D eigenvalue weighted by Crippen LogP contribution is -2.22.